The highest BCUT2D eigenvalue weighted by Gasteiger charge is 2.37. The molecule has 1 atom stereocenters. The summed E-state index contributed by atoms with van der Waals surface area (Å²) < 4.78 is 35.6. The van der Waals surface area contributed by atoms with Gasteiger partial charge in [-0.3, -0.25) is 10.1 Å². The second-order valence-corrected chi connectivity index (χ2v) is 2.69. The van der Waals surface area contributed by atoms with Crippen LogP contribution in [0, 0.1) is 0 Å². The largest absolute Gasteiger partial charge is 0.408 e. The molecule has 82 valence electrons. The van der Waals surface area contributed by atoms with Crippen molar-refractivity contribution in [2.45, 2.75) is 19.1 Å². The molecule has 0 fully saturated rings. The molecule has 0 aromatic heterocycles. The Labute approximate surface area is 82.8 Å². The number of alkyl halides is 4. The van der Waals surface area contributed by atoms with Gasteiger partial charge in [-0.05, 0) is 6.92 Å². The summed E-state index contributed by atoms with van der Waals surface area (Å²) in [6.45, 7) is 0.755. The smallest absolute Gasteiger partial charge is 0.326 e. The zero-order valence-corrected chi connectivity index (χ0v) is 7.87. The van der Waals surface area contributed by atoms with Gasteiger partial charge in [0.25, 0.3) is 0 Å². The molecular formula is C6H8ClF3N2O2. The molecule has 0 heterocycles. The monoisotopic (exact) mass is 232 g/mol. The van der Waals surface area contributed by atoms with E-state index in [0.717, 1.165) is 6.92 Å². The van der Waals surface area contributed by atoms with E-state index in [9.17, 15) is 22.8 Å². The molecule has 8 heteroatoms. The second kappa shape index (κ2) is 5.04. The number of carbonyl (C=O) groups is 2. The SMILES string of the molecule is CC(NC(=O)NC(=O)CCl)C(F)(F)F. The Morgan fingerprint density at radius 1 is 1.43 bits per heavy atom. The van der Waals surface area contributed by atoms with E-state index in [2.05, 4.69) is 0 Å². The highest BCUT2D eigenvalue weighted by molar-refractivity contribution is 6.28. The summed E-state index contributed by atoms with van der Waals surface area (Å²) in [5.41, 5.74) is 0. The van der Waals surface area contributed by atoms with E-state index >= 15 is 0 Å². The molecule has 2 N–H and O–H groups in total. The molecule has 0 rings (SSSR count). The Morgan fingerprint density at radius 2 is 1.93 bits per heavy atom. The lowest BCUT2D eigenvalue weighted by atomic mass is 10.3. The predicted octanol–water partition coefficient (Wildman–Crippen LogP) is 1.00. The number of hydrogen-bond acceptors (Lipinski definition) is 2. The lowest BCUT2D eigenvalue weighted by Crippen LogP contribution is -2.49. The molecule has 1 unspecified atom stereocenters. The van der Waals surface area contributed by atoms with E-state index < -0.39 is 30.0 Å². The van der Waals surface area contributed by atoms with Gasteiger partial charge in [-0.2, -0.15) is 13.2 Å². The van der Waals surface area contributed by atoms with Crippen molar-refractivity contribution in [2.24, 2.45) is 0 Å². The average Bonchev–Trinajstić information content (AvgIpc) is 2.02. The number of urea groups is 1. The molecule has 0 radical (unpaired) electrons. The van der Waals surface area contributed by atoms with Gasteiger partial charge >= 0.3 is 12.2 Å². The Bertz CT molecular complexity index is 232. The van der Waals surface area contributed by atoms with Crippen LogP contribution in [-0.2, 0) is 4.79 Å². The minimum atomic E-state index is -4.54. The normalized spacial score (nSPS) is 13.2. The van der Waals surface area contributed by atoms with Gasteiger partial charge in [0.05, 0.1) is 0 Å². The Hall–Kier alpha value is -0.980. The summed E-state index contributed by atoms with van der Waals surface area (Å²) in [5, 5.41) is 3.14. The zero-order chi connectivity index (χ0) is 11.4. The summed E-state index contributed by atoms with van der Waals surface area (Å²) in [6.07, 6.45) is -4.54. The molecule has 0 aromatic rings. The van der Waals surface area contributed by atoms with Gasteiger partial charge in [0.1, 0.15) is 11.9 Å². The van der Waals surface area contributed by atoms with Crippen LogP contribution in [0.2, 0.25) is 0 Å². The quantitative estimate of drug-likeness (QED) is 0.698. The van der Waals surface area contributed by atoms with Crippen LogP contribution in [0.5, 0.6) is 0 Å². The third-order valence-corrected chi connectivity index (χ3v) is 1.46. The maximum absolute atomic E-state index is 11.9. The van der Waals surface area contributed by atoms with Gasteiger partial charge in [-0.25, -0.2) is 4.79 Å². The van der Waals surface area contributed by atoms with E-state index in [1.54, 1.807) is 5.32 Å². The van der Waals surface area contributed by atoms with Crippen molar-refractivity contribution in [3.05, 3.63) is 0 Å². The zero-order valence-electron chi connectivity index (χ0n) is 7.11. The van der Waals surface area contributed by atoms with Gasteiger partial charge < -0.3 is 5.32 Å². The van der Waals surface area contributed by atoms with Gasteiger partial charge in [0.15, 0.2) is 0 Å². The topological polar surface area (TPSA) is 58.2 Å². The second-order valence-electron chi connectivity index (χ2n) is 2.42. The molecule has 0 aliphatic rings. The highest BCUT2D eigenvalue weighted by atomic mass is 35.5. The lowest BCUT2D eigenvalue weighted by Gasteiger charge is -2.16. The summed E-state index contributed by atoms with van der Waals surface area (Å²) in [6, 6.07) is -3.24. The number of rotatable bonds is 2. The molecular weight excluding hydrogens is 225 g/mol. The fraction of sp³-hybridized carbons (Fsp3) is 0.667. The molecule has 0 bridgehead atoms. The van der Waals surface area contributed by atoms with Crippen LogP contribution in [0.1, 0.15) is 6.92 Å². The third-order valence-electron chi connectivity index (χ3n) is 1.21. The van der Waals surface area contributed by atoms with Crippen LogP contribution >= 0.6 is 11.6 Å². The first kappa shape index (κ1) is 13.0. The first-order chi connectivity index (χ1) is 6.27. The minimum absolute atomic E-state index is 0.492. The fourth-order valence-corrected chi connectivity index (χ4v) is 0.541. The van der Waals surface area contributed by atoms with Gasteiger partial charge in [-0.1, -0.05) is 0 Å². The first-order valence-electron chi connectivity index (χ1n) is 3.50. The summed E-state index contributed by atoms with van der Waals surface area (Å²) in [5.74, 6) is -1.35. The number of imide groups is 1. The molecule has 0 aliphatic heterocycles. The van der Waals surface area contributed by atoms with E-state index in [0.29, 0.717) is 0 Å². The maximum atomic E-state index is 11.9. The minimum Gasteiger partial charge on any atom is -0.326 e. The van der Waals surface area contributed by atoms with E-state index in [1.165, 1.54) is 5.32 Å². The van der Waals surface area contributed by atoms with Crippen molar-refractivity contribution in [3.63, 3.8) is 0 Å². The van der Waals surface area contributed by atoms with Gasteiger partial charge in [0.2, 0.25) is 5.91 Å². The molecule has 0 aromatic carbocycles. The molecule has 14 heavy (non-hydrogen) atoms. The van der Waals surface area contributed by atoms with E-state index in [-0.39, 0.29) is 0 Å². The van der Waals surface area contributed by atoms with Crippen LogP contribution in [-0.4, -0.2) is 30.0 Å². The fourth-order valence-electron chi connectivity index (χ4n) is 0.475. The van der Waals surface area contributed by atoms with Crippen molar-refractivity contribution in [2.75, 3.05) is 5.88 Å². The molecule has 4 nitrogen and oxygen atoms in total. The van der Waals surface area contributed by atoms with Gasteiger partial charge in [-0.15, -0.1) is 11.6 Å². The molecule has 0 aliphatic carbocycles. The van der Waals surface area contributed by atoms with Crippen LogP contribution in [0.15, 0.2) is 0 Å². The van der Waals surface area contributed by atoms with Crippen LogP contribution in [0.3, 0.4) is 0 Å². The Morgan fingerprint density at radius 3 is 2.29 bits per heavy atom. The maximum Gasteiger partial charge on any atom is 0.408 e. The van der Waals surface area contributed by atoms with Crippen molar-refractivity contribution in [1.29, 1.82) is 0 Å². The number of carbonyl (C=O) groups excluding carboxylic acids is 2. The van der Waals surface area contributed by atoms with Crippen molar-refractivity contribution in [1.82, 2.24) is 10.6 Å². The van der Waals surface area contributed by atoms with E-state index in [1.807, 2.05) is 0 Å². The number of halogens is 4. The van der Waals surface area contributed by atoms with Crippen LogP contribution in [0.4, 0.5) is 18.0 Å². The Balaban J connectivity index is 4.01. The van der Waals surface area contributed by atoms with Gasteiger partial charge in [0, 0.05) is 0 Å². The standard InChI is InChI=1S/C6H8ClF3N2O2/c1-3(6(8,9)10)11-5(14)12-4(13)2-7/h3H,2H2,1H3,(H2,11,12,13,14). The predicted molar refractivity (Wildman–Crippen MR) is 42.9 cm³/mol. The molecule has 0 saturated heterocycles. The molecule has 3 amide bonds. The van der Waals surface area contributed by atoms with Crippen molar-refractivity contribution < 1.29 is 22.8 Å². The summed E-state index contributed by atoms with van der Waals surface area (Å²) >= 11 is 5.01. The lowest BCUT2D eigenvalue weighted by molar-refractivity contribution is -0.149. The first-order valence-corrected chi connectivity index (χ1v) is 4.04. The van der Waals surface area contributed by atoms with Crippen molar-refractivity contribution in [3.8, 4) is 0 Å². The van der Waals surface area contributed by atoms with Crippen LogP contribution < -0.4 is 10.6 Å². The average molecular weight is 233 g/mol. The number of nitrogens with one attached hydrogen (secondary N) is 2. The third kappa shape index (κ3) is 4.90. The van der Waals surface area contributed by atoms with E-state index in [4.69, 9.17) is 11.6 Å². The van der Waals surface area contributed by atoms with Crippen molar-refractivity contribution >= 4 is 23.5 Å². The number of hydrogen-bond donors (Lipinski definition) is 2. The highest BCUT2D eigenvalue weighted by Crippen LogP contribution is 2.19. The molecule has 0 saturated carbocycles. The van der Waals surface area contributed by atoms with Crippen LogP contribution in [0.25, 0.3) is 0 Å². The summed E-state index contributed by atoms with van der Waals surface area (Å²) in [7, 11) is 0. The number of amides is 3. The Kier molecular flexibility index (Phi) is 4.69. The summed E-state index contributed by atoms with van der Waals surface area (Å²) in [4.78, 5) is 21.1. The molecule has 0 spiro atoms.